The lowest BCUT2D eigenvalue weighted by Crippen LogP contribution is -2.46. The predicted molar refractivity (Wildman–Crippen MR) is 88.8 cm³/mol. The second-order valence-electron chi connectivity index (χ2n) is 6.26. The van der Waals surface area contributed by atoms with Crippen LogP contribution in [0.15, 0.2) is 0 Å². The minimum Gasteiger partial charge on any atom is -0.469 e. The third-order valence-electron chi connectivity index (χ3n) is 4.35. The Bertz CT molecular complexity index is 458. The van der Waals surface area contributed by atoms with Crippen molar-refractivity contribution in [2.24, 2.45) is 17.3 Å². The van der Waals surface area contributed by atoms with Gasteiger partial charge in [0, 0.05) is 26.1 Å². The summed E-state index contributed by atoms with van der Waals surface area (Å²) in [6, 6.07) is 0. The van der Waals surface area contributed by atoms with E-state index in [-0.39, 0.29) is 30.1 Å². The van der Waals surface area contributed by atoms with Crippen LogP contribution in [0.4, 0.5) is 0 Å². The molecule has 132 valence electrons. The third-order valence-corrected chi connectivity index (χ3v) is 4.35. The zero-order valence-corrected chi connectivity index (χ0v) is 15.6. The van der Waals surface area contributed by atoms with Crippen molar-refractivity contribution in [1.82, 2.24) is 0 Å². The molecule has 0 saturated heterocycles. The van der Waals surface area contributed by atoms with Crippen LogP contribution < -0.4 is 0 Å². The van der Waals surface area contributed by atoms with Gasteiger partial charge in [-0.15, -0.1) is 5.92 Å². The number of esters is 1. The number of Topliss-reactive ketones (excluding diaryl/α,β-unsaturated/α-hetero) is 1. The fourth-order valence-corrected chi connectivity index (χ4v) is 2.91. The summed E-state index contributed by atoms with van der Waals surface area (Å²) in [6.07, 6.45) is -0.847. The molecule has 0 spiro atoms. The zero-order valence-electron chi connectivity index (χ0n) is 15.6. The Morgan fingerprint density at radius 1 is 1.09 bits per heavy atom. The lowest BCUT2D eigenvalue weighted by Gasteiger charge is -2.36. The van der Waals surface area contributed by atoms with E-state index in [0.717, 1.165) is 0 Å². The topological polar surface area (TPSA) is 61.8 Å². The van der Waals surface area contributed by atoms with Crippen molar-refractivity contribution in [2.45, 2.75) is 53.2 Å². The SMILES string of the molecule is CC#CC(C)C(OC)C(C)C(=O)C(C)(C)C(CC(=O)OC)OC. The van der Waals surface area contributed by atoms with Crippen LogP contribution in [0.3, 0.4) is 0 Å². The van der Waals surface area contributed by atoms with Crippen molar-refractivity contribution in [3.63, 3.8) is 0 Å². The van der Waals surface area contributed by atoms with Crippen molar-refractivity contribution in [3.8, 4) is 11.8 Å². The summed E-state index contributed by atoms with van der Waals surface area (Å²) in [5.74, 6) is 5.02. The fourth-order valence-electron chi connectivity index (χ4n) is 2.91. The number of ether oxygens (including phenoxy) is 3. The fraction of sp³-hybridized carbons (Fsp3) is 0.778. The Kier molecular flexibility index (Phi) is 9.11. The summed E-state index contributed by atoms with van der Waals surface area (Å²) in [5, 5.41) is 0. The van der Waals surface area contributed by atoms with Gasteiger partial charge in [-0.3, -0.25) is 9.59 Å². The Morgan fingerprint density at radius 3 is 2.04 bits per heavy atom. The number of hydrogen-bond donors (Lipinski definition) is 0. The van der Waals surface area contributed by atoms with Crippen LogP contribution in [0.5, 0.6) is 0 Å². The molecule has 0 aromatic rings. The maximum absolute atomic E-state index is 13.0. The molecule has 0 fully saturated rings. The van der Waals surface area contributed by atoms with Crippen LogP contribution in [0.2, 0.25) is 0 Å². The maximum Gasteiger partial charge on any atom is 0.308 e. The molecule has 0 saturated carbocycles. The molecule has 0 N–H and O–H groups in total. The molecular formula is C18H30O5. The molecule has 5 nitrogen and oxygen atoms in total. The van der Waals surface area contributed by atoms with Crippen molar-refractivity contribution in [1.29, 1.82) is 0 Å². The van der Waals surface area contributed by atoms with E-state index < -0.39 is 17.5 Å². The lowest BCUT2D eigenvalue weighted by atomic mass is 9.73. The first-order valence-electron chi connectivity index (χ1n) is 7.76. The molecule has 0 heterocycles. The van der Waals surface area contributed by atoms with Crippen LogP contribution in [0.25, 0.3) is 0 Å². The van der Waals surface area contributed by atoms with Crippen molar-refractivity contribution in [2.75, 3.05) is 21.3 Å². The average molecular weight is 326 g/mol. The minimum absolute atomic E-state index is 0.0233. The van der Waals surface area contributed by atoms with Crippen molar-refractivity contribution in [3.05, 3.63) is 0 Å². The highest BCUT2D eigenvalue weighted by Gasteiger charge is 2.43. The van der Waals surface area contributed by atoms with Gasteiger partial charge in [-0.25, -0.2) is 0 Å². The van der Waals surface area contributed by atoms with E-state index in [4.69, 9.17) is 9.47 Å². The average Bonchev–Trinajstić information content (AvgIpc) is 2.51. The maximum atomic E-state index is 13.0. The Labute approximate surface area is 140 Å². The van der Waals surface area contributed by atoms with Gasteiger partial charge in [-0.05, 0) is 13.8 Å². The second-order valence-corrected chi connectivity index (χ2v) is 6.26. The number of ketones is 1. The number of carbonyl (C=O) groups is 2. The molecule has 23 heavy (non-hydrogen) atoms. The molecule has 0 aromatic carbocycles. The first-order chi connectivity index (χ1) is 10.7. The van der Waals surface area contributed by atoms with Crippen LogP contribution in [0.1, 0.15) is 41.0 Å². The molecule has 0 bridgehead atoms. The lowest BCUT2D eigenvalue weighted by molar-refractivity contribution is -0.151. The summed E-state index contributed by atoms with van der Waals surface area (Å²) in [7, 11) is 4.39. The van der Waals surface area contributed by atoms with Gasteiger partial charge in [-0.1, -0.05) is 26.7 Å². The van der Waals surface area contributed by atoms with Gasteiger partial charge >= 0.3 is 5.97 Å². The number of rotatable bonds is 9. The highest BCUT2D eigenvalue weighted by molar-refractivity contribution is 5.88. The molecule has 0 aliphatic rings. The molecule has 0 amide bonds. The van der Waals surface area contributed by atoms with Gasteiger partial charge in [0.25, 0.3) is 0 Å². The van der Waals surface area contributed by atoms with Crippen LogP contribution in [-0.4, -0.2) is 45.3 Å². The smallest absolute Gasteiger partial charge is 0.308 e. The molecule has 0 radical (unpaired) electrons. The highest BCUT2D eigenvalue weighted by Crippen LogP contribution is 2.33. The minimum atomic E-state index is -0.849. The highest BCUT2D eigenvalue weighted by atomic mass is 16.5. The van der Waals surface area contributed by atoms with E-state index in [1.807, 2.05) is 13.8 Å². The van der Waals surface area contributed by atoms with Gasteiger partial charge < -0.3 is 14.2 Å². The predicted octanol–water partition coefficient (Wildman–Crippen LogP) is 2.47. The third kappa shape index (κ3) is 5.63. The van der Waals surface area contributed by atoms with E-state index >= 15 is 0 Å². The number of methoxy groups -OCH3 is 3. The first kappa shape index (κ1) is 21.6. The monoisotopic (exact) mass is 326 g/mol. The summed E-state index contributed by atoms with van der Waals surface area (Å²) < 4.78 is 15.6. The molecule has 0 aliphatic heterocycles. The van der Waals surface area contributed by atoms with Crippen molar-refractivity contribution < 1.29 is 23.8 Å². The molecule has 0 aromatic heterocycles. The van der Waals surface area contributed by atoms with E-state index in [1.165, 1.54) is 14.2 Å². The standard InChI is InChI=1S/C18H30O5/c1-9-10-12(2)16(23-8)13(3)17(20)18(4,5)14(21-6)11-15(19)22-7/h12-14,16H,11H2,1-8H3. The Morgan fingerprint density at radius 2 is 1.65 bits per heavy atom. The van der Waals surface area contributed by atoms with Gasteiger partial charge in [0.2, 0.25) is 0 Å². The Balaban J connectivity index is 5.33. The summed E-state index contributed by atoms with van der Waals surface area (Å²) in [6.45, 7) is 9.09. The quantitative estimate of drug-likeness (QED) is 0.481. The normalized spacial score (nSPS) is 16.5. The number of carbonyl (C=O) groups excluding carboxylic acids is 2. The van der Waals surface area contributed by atoms with Crippen LogP contribution in [-0.2, 0) is 23.8 Å². The second kappa shape index (κ2) is 9.69. The van der Waals surface area contributed by atoms with Gasteiger partial charge in [0.1, 0.15) is 5.78 Å². The van der Waals surface area contributed by atoms with Crippen LogP contribution >= 0.6 is 0 Å². The van der Waals surface area contributed by atoms with Gasteiger partial charge in [0.05, 0.1) is 31.2 Å². The molecule has 4 atom stereocenters. The van der Waals surface area contributed by atoms with Gasteiger partial charge in [-0.2, -0.15) is 0 Å². The van der Waals surface area contributed by atoms with E-state index in [1.54, 1.807) is 27.9 Å². The summed E-state index contributed by atoms with van der Waals surface area (Å²) in [5.41, 5.74) is -0.849. The molecule has 0 aliphatic carbocycles. The molecular weight excluding hydrogens is 296 g/mol. The van der Waals surface area contributed by atoms with Crippen LogP contribution in [0, 0.1) is 29.1 Å². The summed E-state index contributed by atoms with van der Waals surface area (Å²) >= 11 is 0. The Hall–Kier alpha value is -1.38. The zero-order chi connectivity index (χ0) is 18.2. The largest absolute Gasteiger partial charge is 0.469 e. The molecule has 5 heteroatoms. The van der Waals surface area contributed by atoms with E-state index in [2.05, 4.69) is 16.6 Å². The number of hydrogen-bond acceptors (Lipinski definition) is 5. The van der Waals surface area contributed by atoms with Gasteiger partial charge in [0.15, 0.2) is 0 Å². The first-order valence-corrected chi connectivity index (χ1v) is 7.76. The summed E-state index contributed by atoms with van der Waals surface area (Å²) in [4.78, 5) is 24.5. The van der Waals surface area contributed by atoms with E-state index in [9.17, 15) is 9.59 Å². The molecule has 0 rings (SSSR count). The van der Waals surface area contributed by atoms with E-state index in [0.29, 0.717) is 0 Å². The molecule has 4 unspecified atom stereocenters. The van der Waals surface area contributed by atoms with Crippen molar-refractivity contribution >= 4 is 11.8 Å².